The molecule has 3 amide bonds. The molecule has 1 unspecified atom stereocenters. The van der Waals surface area contributed by atoms with E-state index in [2.05, 4.69) is 15.6 Å². The number of thiazole rings is 1. The van der Waals surface area contributed by atoms with Gasteiger partial charge in [0.25, 0.3) is 0 Å². The van der Waals surface area contributed by atoms with Gasteiger partial charge in [-0.25, -0.2) is 9.78 Å². The van der Waals surface area contributed by atoms with Crippen LogP contribution in [0, 0.1) is 0 Å². The van der Waals surface area contributed by atoms with Crippen molar-refractivity contribution in [3.05, 3.63) is 82.4 Å². The molecule has 0 radical (unpaired) electrons. The molecule has 0 saturated carbocycles. The van der Waals surface area contributed by atoms with Crippen LogP contribution in [0.4, 0.5) is 9.93 Å². The van der Waals surface area contributed by atoms with Crippen LogP contribution in [-0.4, -0.2) is 57.6 Å². The number of aromatic nitrogens is 1. The fourth-order valence-corrected chi connectivity index (χ4v) is 6.57. The Morgan fingerprint density at radius 2 is 1.68 bits per heavy atom. The smallest absolute Gasteiger partial charge is 0.405 e. The van der Waals surface area contributed by atoms with Crippen molar-refractivity contribution in [3.63, 3.8) is 0 Å². The molecule has 1 saturated heterocycles. The predicted molar refractivity (Wildman–Crippen MR) is 145 cm³/mol. The largest absolute Gasteiger partial charge is 0.465 e. The monoisotopic (exact) mass is 533 g/mol. The molecule has 2 aromatic carbocycles. The second-order valence-corrected chi connectivity index (χ2v) is 10.9. The van der Waals surface area contributed by atoms with E-state index in [4.69, 9.17) is 5.73 Å². The van der Waals surface area contributed by atoms with Crippen molar-refractivity contribution < 1.29 is 19.5 Å². The Kier molecular flexibility index (Phi) is 7.59. The van der Waals surface area contributed by atoms with Crippen molar-refractivity contribution in [3.8, 4) is 0 Å². The lowest BCUT2D eigenvalue weighted by Crippen LogP contribution is -2.56. The number of nitrogens with zero attached hydrogens (tertiary/aromatic N) is 2. The fraction of sp³-hybridized carbons (Fsp3) is 0.357. The summed E-state index contributed by atoms with van der Waals surface area (Å²) in [5.74, 6) is -1.16. The van der Waals surface area contributed by atoms with Crippen LogP contribution in [0.2, 0.25) is 0 Å². The maximum Gasteiger partial charge on any atom is 0.405 e. The van der Waals surface area contributed by atoms with Gasteiger partial charge in [0.15, 0.2) is 5.13 Å². The molecule has 10 heteroatoms. The number of carbonyl (C=O) groups excluding carboxylic acids is 2. The zero-order valence-corrected chi connectivity index (χ0v) is 21.7. The van der Waals surface area contributed by atoms with Crippen molar-refractivity contribution in [2.24, 2.45) is 0 Å². The van der Waals surface area contributed by atoms with Gasteiger partial charge in [-0.3, -0.25) is 9.59 Å². The molecule has 0 bridgehead atoms. The molecule has 3 aromatic rings. The third-order valence-electron chi connectivity index (χ3n) is 7.34. The molecule has 9 nitrogen and oxygen atoms in total. The van der Waals surface area contributed by atoms with Crippen LogP contribution >= 0.6 is 11.3 Å². The number of amides is 3. The summed E-state index contributed by atoms with van der Waals surface area (Å²) >= 11 is 1.45. The highest BCUT2D eigenvalue weighted by Crippen LogP contribution is 2.32. The van der Waals surface area contributed by atoms with E-state index >= 15 is 0 Å². The van der Waals surface area contributed by atoms with Gasteiger partial charge in [-0.15, -0.1) is 11.3 Å². The van der Waals surface area contributed by atoms with Crippen molar-refractivity contribution in [1.82, 2.24) is 20.5 Å². The Labute approximate surface area is 225 Å². The van der Waals surface area contributed by atoms with E-state index in [1.807, 2.05) is 60.7 Å². The standard InChI is InChI=1S/C28H31N5O4S/c29-27-31-20-14-13-19(16-22(20)38-27)30-25(34)21-12-7-15-33(21)26(35)24(32-28(36)37)23(17-8-3-1-4-9-17)18-10-5-2-6-11-18/h1-6,8-11,19,21,23-24,32H,7,12-16H2,(H2,29,31)(H,30,34)(H,36,37)/t19?,21-,24-/m0/s1. The number of likely N-dealkylation sites (tertiary alicyclic amines) is 1. The summed E-state index contributed by atoms with van der Waals surface area (Å²) in [7, 11) is 0. The molecule has 2 aliphatic rings. The van der Waals surface area contributed by atoms with Crippen molar-refractivity contribution in [2.45, 2.75) is 56.1 Å². The summed E-state index contributed by atoms with van der Waals surface area (Å²) in [5.41, 5.74) is 8.49. The fourth-order valence-electron chi connectivity index (χ4n) is 5.62. The quantitative estimate of drug-likeness (QED) is 0.368. The van der Waals surface area contributed by atoms with Gasteiger partial charge < -0.3 is 26.4 Å². The minimum atomic E-state index is -1.29. The second kappa shape index (κ2) is 11.2. The maximum atomic E-state index is 14.0. The number of aryl methyl sites for hydroxylation is 1. The molecule has 1 aliphatic carbocycles. The number of fused-ring (bicyclic) bond motifs is 1. The summed E-state index contributed by atoms with van der Waals surface area (Å²) < 4.78 is 0. The van der Waals surface area contributed by atoms with Crippen molar-refractivity contribution >= 4 is 34.4 Å². The Bertz CT molecular complexity index is 1260. The van der Waals surface area contributed by atoms with Gasteiger partial charge in [0, 0.05) is 29.8 Å². The van der Waals surface area contributed by atoms with Gasteiger partial charge in [-0.2, -0.15) is 0 Å². The molecule has 1 fully saturated rings. The third-order valence-corrected chi connectivity index (χ3v) is 8.29. The van der Waals surface area contributed by atoms with E-state index < -0.39 is 30.0 Å². The lowest BCUT2D eigenvalue weighted by Gasteiger charge is -2.33. The minimum absolute atomic E-state index is 0.0540. The first kappa shape index (κ1) is 25.7. The van der Waals surface area contributed by atoms with Gasteiger partial charge in [0.2, 0.25) is 11.8 Å². The summed E-state index contributed by atoms with van der Waals surface area (Å²) in [6.07, 6.45) is 2.10. The van der Waals surface area contributed by atoms with Crippen molar-refractivity contribution in [2.75, 3.05) is 12.3 Å². The first-order valence-electron chi connectivity index (χ1n) is 12.8. The lowest BCUT2D eigenvalue weighted by atomic mass is 9.84. The maximum absolute atomic E-state index is 14.0. The molecule has 5 N–H and O–H groups in total. The van der Waals surface area contributed by atoms with Crippen LogP contribution in [0.3, 0.4) is 0 Å². The van der Waals surface area contributed by atoms with Crippen LogP contribution in [0.15, 0.2) is 60.7 Å². The topological polar surface area (TPSA) is 138 Å². The van der Waals surface area contributed by atoms with Crippen LogP contribution in [0.25, 0.3) is 0 Å². The molecule has 198 valence electrons. The molecule has 5 rings (SSSR count). The highest BCUT2D eigenvalue weighted by atomic mass is 32.1. The van der Waals surface area contributed by atoms with Gasteiger partial charge >= 0.3 is 6.09 Å². The number of nitrogen functional groups attached to an aromatic ring is 1. The first-order chi connectivity index (χ1) is 18.4. The van der Waals surface area contributed by atoms with Gasteiger partial charge in [-0.1, -0.05) is 60.7 Å². The number of nitrogens with one attached hydrogen (secondary N) is 2. The number of benzene rings is 2. The Morgan fingerprint density at radius 3 is 2.32 bits per heavy atom. The molecule has 3 atom stereocenters. The number of hydrogen-bond acceptors (Lipinski definition) is 6. The van der Waals surface area contributed by atoms with Crippen LogP contribution in [0.5, 0.6) is 0 Å². The number of hydrogen-bond donors (Lipinski definition) is 4. The van der Waals surface area contributed by atoms with Gasteiger partial charge in [0.1, 0.15) is 12.1 Å². The normalized spacial score (nSPS) is 19.6. The number of nitrogens with two attached hydrogens (primary N) is 1. The summed E-state index contributed by atoms with van der Waals surface area (Å²) in [5, 5.41) is 15.9. The number of carboxylic acid groups (broad SMARTS) is 1. The van der Waals surface area contributed by atoms with Gasteiger partial charge in [-0.05, 0) is 36.8 Å². The van der Waals surface area contributed by atoms with E-state index in [1.54, 1.807) is 4.90 Å². The second-order valence-electron chi connectivity index (χ2n) is 9.79. The van der Waals surface area contributed by atoms with E-state index in [-0.39, 0.29) is 11.9 Å². The van der Waals surface area contributed by atoms with Crippen LogP contribution in [0.1, 0.15) is 46.9 Å². The first-order valence-corrected chi connectivity index (χ1v) is 13.7. The molecule has 0 spiro atoms. The van der Waals surface area contributed by atoms with E-state index in [0.29, 0.717) is 30.9 Å². The number of rotatable bonds is 7. The molecule has 2 heterocycles. The summed E-state index contributed by atoms with van der Waals surface area (Å²) in [6.45, 7) is 0.394. The molecule has 38 heavy (non-hydrogen) atoms. The average Bonchev–Trinajstić information content (AvgIpc) is 3.55. The van der Waals surface area contributed by atoms with E-state index in [0.717, 1.165) is 34.5 Å². The van der Waals surface area contributed by atoms with E-state index in [1.165, 1.54) is 11.3 Å². The lowest BCUT2D eigenvalue weighted by molar-refractivity contribution is -0.140. The SMILES string of the molecule is Nc1nc2c(s1)CC(NC(=O)[C@@H]1CCCN1C(=O)[C@@H](NC(=O)O)C(c1ccccc1)c1ccccc1)CC2. The highest BCUT2D eigenvalue weighted by Gasteiger charge is 2.42. The molecule has 1 aliphatic heterocycles. The molecular formula is C28H31N5O4S. The Morgan fingerprint density at radius 1 is 1.03 bits per heavy atom. The minimum Gasteiger partial charge on any atom is -0.465 e. The van der Waals surface area contributed by atoms with Crippen molar-refractivity contribution in [1.29, 1.82) is 0 Å². The third kappa shape index (κ3) is 5.50. The van der Waals surface area contributed by atoms with Crippen LogP contribution in [-0.2, 0) is 22.4 Å². The number of anilines is 1. The zero-order chi connectivity index (χ0) is 26.6. The summed E-state index contributed by atoms with van der Waals surface area (Å²) in [4.78, 5) is 46.4. The zero-order valence-electron chi connectivity index (χ0n) is 20.9. The number of carbonyl (C=O) groups is 3. The predicted octanol–water partition coefficient (Wildman–Crippen LogP) is 3.16. The molecular weight excluding hydrogens is 502 g/mol. The van der Waals surface area contributed by atoms with Gasteiger partial charge in [0.05, 0.1) is 5.69 Å². The summed E-state index contributed by atoms with van der Waals surface area (Å²) in [6, 6.07) is 17.0. The van der Waals surface area contributed by atoms with E-state index in [9.17, 15) is 19.5 Å². The Hall–Kier alpha value is -3.92. The molecule has 1 aromatic heterocycles. The average molecular weight is 534 g/mol. The Balaban J connectivity index is 1.38. The highest BCUT2D eigenvalue weighted by molar-refractivity contribution is 7.15. The van der Waals surface area contributed by atoms with Crippen LogP contribution < -0.4 is 16.4 Å².